The second-order valence-corrected chi connectivity index (χ2v) is 3.76. The van der Waals surface area contributed by atoms with Crippen LogP contribution in [0.5, 0.6) is 0 Å². The summed E-state index contributed by atoms with van der Waals surface area (Å²) in [5.74, 6) is 1.67. The lowest BCUT2D eigenvalue weighted by Crippen LogP contribution is -2.34. The van der Waals surface area contributed by atoms with Gasteiger partial charge in [-0.25, -0.2) is 4.98 Å². The highest BCUT2D eigenvalue weighted by molar-refractivity contribution is 5.42. The van der Waals surface area contributed by atoms with E-state index < -0.39 is 0 Å². The summed E-state index contributed by atoms with van der Waals surface area (Å²) >= 11 is 0. The number of hydrogen-bond acceptors (Lipinski definition) is 5. The summed E-state index contributed by atoms with van der Waals surface area (Å²) < 4.78 is 5.37. The van der Waals surface area contributed by atoms with E-state index in [-0.39, 0.29) is 0 Å². The van der Waals surface area contributed by atoms with Crippen molar-refractivity contribution in [3.05, 3.63) is 12.3 Å². The molecule has 0 amide bonds. The first kappa shape index (κ1) is 10.2. The molecular weight excluding hydrogens is 192 g/mol. The smallest absolute Gasteiger partial charge is 0.229 e. The van der Waals surface area contributed by atoms with Crippen molar-refractivity contribution in [3.8, 4) is 0 Å². The van der Waals surface area contributed by atoms with Crippen LogP contribution in [0.15, 0.2) is 12.3 Å². The topological polar surface area (TPSA) is 41.5 Å². The fourth-order valence-electron chi connectivity index (χ4n) is 1.50. The van der Waals surface area contributed by atoms with Crippen LogP contribution < -0.4 is 9.80 Å². The summed E-state index contributed by atoms with van der Waals surface area (Å²) in [5, 5.41) is 0. The Bertz CT molecular complexity index is 323. The van der Waals surface area contributed by atoms with Crippen molar-refractivity contribution < 1.29 is 4.74 Å². The van der Waals surface area contributed by atoms with Crippen molar-refractivity contribution in [2.24, 2.45) is 0 Å². The highest BCUT2D eigenvalue weighted by atomic mass is 16.5. The Balaban J connectivity index is 2.16. The molecule has 1 aromatic rings. The number of nitrogens with zero attached hydrogens (tertiary/aromatic N) is 4. The summed E-state index contributed by atoms with van der Waals surface area (Å²) in [7, 11) is 3.94. The summed E-state index contributed by atoms with van der Waals surface area (Å²) in [6, 6.07) is 1.90. The van der Waals surface area contributed by atoms with Gasteiger partial charge in [0.2, 0.25) is 5.95 Å². The molecule has 0 saturated carbocycles. The average Bonchev–Trinajstić information content (AvgIpc) is 2.30. The molecule has 0 bridgehead atoms. The second kappa shape index (κ2) is 4.44. The van der Waals surface area contributed by atoms with Crippen molar-refractivity contribution >= 4 is 11.8 Å². The van der Waals surface area contributed by atoms with E-state index in [1.807, 2.05) is 25.1 Å². The van der Waals surface area contributed by atoms with Crippen molar-refractivity contribution in [1.82, 2.24) is 9.97 Å². The first-order chi connectivity index (χ1) is 7.27. The molecule has 2 heterocycles. The number of aromatic nitrogens is 2. The molecule has 1 aliphatic rings. The Morgan fingerprint density at radius 3 is 3.00 bits per heavy atom. The molecule has 5 heteroatoms. The number of anilines is 2. The van der Waals surface area contributed by atoms with Crippen LogP contribution in [0.3, 0.4) is 0 Å². The van der Waals surface area contributed by atoms with E-state index in [2.05, 4.69) is 14.9 Å². The third-order valence-electron chi connectivity index (χ3n) is 2.33. The van der Waals surface area contributed by atoms with Gasteiger partial charge in [0, 0.05) is 26.8 Å². The van der Waals surface area contributed by atoms with Crippen LogP contribution in [-0.4, -0.2) is 43.9 Å². The van der Waals surface area contributed by atoms with E-state index in [1.165, 1.54) is 0 Å². The van der Waals surface area contributed by atoms with Gasteiger partial charge in [-0.3, -0.25) is 0 Å². The van der Waals surface area contributed by atoms with Gasteiger partial charge in [0.25, 0.3) is 0 Å². The molecular formula is C10H16N4O. The fourth-order valence-corrected chi connectivity index (χ4v) is 1.50. The van der Waals surface area contributed by atoms with Crippen LogP contribution in [0.4, 0.5) is 11.8 Å². The summed E-state index contributed by atoms with van der Waals surface area (Å²) in [5.41, 5.74) is 0. The molecule has 0 aliphatic carbocycles. The van der Waals surface area contributed by atoms with Gasteiger partial charge in [-0.1, -0.05) is 0 Å². The number of hydrogen-bond donors (Lipinski definition) is 0. The van der Waals surface area contributed by atoms with E-state index in [0.29, 0.717) is 6.73 Å². The maximum atomic E-state index is 5.37. The fraction of sp³-hybridized carbons (Fsp3) is 0.600. The Kier molecular flexibility index (Phi) is 3.01. The Morgan fingerprint density at radius 1 is 1.47 bits per heavy atom. The lowest BCUT2D eigenvalue weighted by molar-refractivity contribution is 0.106. The van der Waals surface area contributed by atoms with Crippen molar-refractivity contribution in [2.75, 3.05) is 43.8 Å². The minimum Gasteiger partial charge on any atom is -0.363 e. The molecule has 15 heavy (non-hydrogen) atoms. The van der Waals surface area contributed by atoms with Crippen molar-refractivity contribution in [3.63, 3.8) is 0 Å². The quantitative estimate of drug-likeness (QED) is 0.716. The van der Waals surface area contributed by atoms with Crippen LogP contribution in [0.1, 0.15) is 6.42 Å². The molecule has 0 N–H and O–H groups in total. The van der Waals surface area contributed by atoms with E-state index in [1.54, 1.807) is 6.20 Å². The van der Waals surface area contributed by atoms with E-state index in [9.17, 15) is 0 Å². The maximum absolute atomic E-state index is 5.37. The van der Waals surface area contributed by atoms with Gasteiger partial charge < -0.3 is 14.5 Å². The molecule has 0 aromatic carbocycles. The first-order valence-corrected chi connectivity index (χ1v) is 5.10. The lowest BCUT2D eigenvalue weighted by atomic mass is 10.4. The minimum atomic E-state index is 0.594. The normalized spacial score (nSPS) is 16.5. The van der Waals surface area contributed by atoms with Crippen molar-refractivity contribution in [2.45, 2.75) is 6.42 Å². The molecule has 82 valence electrons. The zero-order valence-electron chi connectivity index (χ0n) is 9.18. The van der Waals surface area contributed by atoms with Crippen molar-refractivity contribution in [1.29, 1.82) is 0 Å². The predicted octanol–water partition coefficient (Wildman–Crippen LogP) is 0.727. The van der Waals surface area contributed by atoms with Gasteiger partial charge in [0.15, 0.2) is 0 Å². The number of ether oxygens (including phenoxy) is 1. The van der Waals surface area contributed by atoms with Gasteiger partial charge in [-0.2, -0.15) is 4.98 Å². The van der Waals surface area contributed by atoms with Crippen LogP contribution in [0, 0.1) is 0 Å². The largest absolute Gasteiger partial charge is 0.363 e. The Hall–Kier alpha value is -1.36. The zero-order chi connectivity index (χ0) is 10.7. The van der Waals surface area contributed by atoms with Crippen LogP contribution in [0.2, 0.25) is 0 Å². The van der Waals surface area contributed by atoms with Crippen LogP contribution in [-0.2, 0) is 4.74 Å². The molecule has 0 unspecified atom stereocenters. The molecule has 5 nitrogen and oxygen atoms in total. The standard InChI is InChI=1S/C10H16N4O/c1-13(2)9-4-5-11-10(12-9)14-6-3-7-15-8-14/h4-5H,3,6-8H2,1-2H3. The van der Waals surface area contributed by atoms with Crippen LogP contribution >= 0.6 is 0 Å². The lowest BCUT2D eigenvalue weighted by Gasteiger charge is -2.27. The minimum absolute atomic E-state index is 0.594. The highest BCUT2D eigenvalue weighted by Gasteiger charge is 2.14. The summed E-state index contributed by atoms with van der Waals surface area (Å²) in [6.45, 7) is 2.40. The number of rotatable bonds is 2. The second-order valence-electron chi connectivity index (χ2n) is 3.76. The Labute approximate surface area is 89.7 Å². The maximum Gasteiger partial charge on any atom is 0.229 e. The molecule has 1 saturated heterocycles. The molecule has 1 aromatic heterocycles. The predicted molar refractivity (Wildman–Crippen MR) is 59.1 cm³/mol. The van der Waals surface area contributed by atoms with Gasteiger partial charge in [-0.15, -0.1) is 0 Å². The monoisotopic (exact) mass is 208 g/mol. The van der Waals surface area contributed by atoms with Crippen LogP contribution in [0.25, 0.3) is 0 Å². The molecule has 1 aliphatic heterocycles. The zero-order valence-corrected chi connectivity index (χ0v) is 9.18. The average molecular weight is 208 g/mol. The highest BCUT2D eigenvalue weighted by Crippen LogP contribution is 2.14. The molecule has 0 radical (unpaired) electrons. The summed E-state index contributed by atoms with van der Waals surface area (Å²) in [6.07, 6.45) is 2.82. The SMILES string of the molecule is CN(C)c1ccnc(N2CCCOC2)n1. The van der Waals surface area contributed by atoms with E-state index >= 15 is 0 Å². The van der Waals surface area contributed by atoms with E-state index in [4.69, 9.17) is 4.74 Å². The first-order valence-electron chi connectivity index (χ1n) is 5.10. The molecule has 0 atom stereocenters. The van der Waals surface area contributed by atoms with Gasteiger partial charge >= 0.3 is 0 Å². The van der Waals surface area contributed by atoms with Gasteiger partial charge in [0.05, 0.1) is 6.61 Å². The molecule has 2 rings (SSSR count). The summed E-state index contributed by atoms with van der Waals surface area (Å²) in [4.78, 5) is 12.7. The van der Waals surface area contributed by atoms with E-state index in [0.717, 1.165) is 31.3 Å². The van der Waals surface area contributed by atoms with Gasteiger partial charge in [0.1, 0.15) is 12.5 Å². The van der Waals surface area contributed by atoms with Gasteiger partial charge in [-0.05, 0) is 12.5 Å². The third kappa shape index (κ3) is 2.36. The molecule has 0 spiro atoms. The third-order valence-corrected chi connectivity index (χ3v) is 2.33. The molecule has 1 fully saturated rings. The Morgan fingerprint density at radius 2 is 2.33 bits per heavy atom.